The van der Waals surface area contributed by atoms with Crippen molar-refractivity contribution < 1.29 is 9.53 Å². The quantitative estimate of drug-likeness (QED) is 0.580. The largest absolute Gasteiger partial charge is 0.477 e. The number of hydrogen-bond donors (Lipinski definition) is 0. The maximum atomic E-state index is 10.9. The maximum absolute atomic E-state index is 10.9. The summed E-state index contributed by atoms with van der Waals surface area (Å²) in [6.45, 7) is 2.19. The number of aromatic nitrogens is 1. The minimum absolute atomic E-state index is 0.176. The number of pyridine rings is 1. The molecule has 0 saturated heterocycles. The van der Waals surface area contributed by atoms with Gasteiger partial charge in [0.15, 0.2) is 0 Å². The second-order valence-electron chi connectivity index (χ2n) is 2.19. The first-order chi connectivity index (χ1) is 6.15. The molecule has 5 heteroatoms. The number of carbonyl (C=O) groups excluding carboxylic acids is 1. The zero-order valence-electron chi connectivity index (χ0n) is 6.88. The van der Waals surface area contributed by atoms with Gasteiger partial charge in [0.1, 0.15) is 5.15 Å². The normalized spacial score (nSPS) is 9.77. The Hall–Kier alpha value is -0.800. The van der Waals surface area contributed by atoms with E-state index in [1.165, 1.54) is 12.1 Å². The van der Waals surface area contributed by atoms with Crippen LogP contribution in [-0.4, -0.2) is 16.8 Å². The molecule has 0 bridgehead atoms. The van der Waals surface area contributed by atoms with Crippen molar-refractivity contribution in [2.45, 2.75) is 6.92 Å². The summed E-state index contributed by atoms with van der Waals surface area (Å²) in [5, 5.41) is -0.335. The Morgan fingerprint density at radius 2 is 2.31 bits per heavy atom. The number of rotatable bonds is 3. The van der Waals surface area contributed by atoms with E-state index < -0.39 is 5.24 Å². The van der Waals surface area contributed by atoms with Gasteiger partial charge >= 0.3 is 0 Å². The van der Waals surface area contributed by atoms with E-state index >= 15 is 0 Å². The molecule has 0 aliphatic heterocycles. The molecular formula is C8H7Cl2NO2. The Balaban J connectivity index is 3.10. The standard InChI is InChI=1S/C8H7Cl2NO2/c1-2-13-8-5(7(10)12)3-4-6(9)11-8/h3-4H,2H2,1H3. The summed E-state index contributed by atoms with van der Waals surface area (Å²) in [6, 6.07) is 2.97. The molecule has 0 aromatic carbocycles. The Bertz CT molecular complexity index is 328. The molecule has 1 aromatic rings. The summed E-state index contributed by atoms with van der Waals surface area (Å²) in [5.74, 6) is 0.176. The monoisotopic (exact) mass is 219 g/mol. The molecule has 1 rings (SSSR count). The van der Waals surface area contributed by atoms with E-state index in [4.69, 9.17) is 27.9 Å². The molecule has 3 nitrogen and oxygen atoms in total. The topological polar surface area (TPSA) is 39.2 Å². The van der Waals surface area contributed by atoms with E-state index in [0.29, 0.717) is 6.61 Å². The van der Waals surface area contributed by atoms with Crippen molar-refractivity contribution in [1.82, 2.24) is 4.98 Å². The van der Waals surface area contributed by atoms with Gasteiger partial charge in [-0.3, -0.25) is 4.79 Å². The molecule has 0 saturated carbocycles. The Morgan fingerprint density at radius 3 is 2.85 bits per heavy atom. The molecule has 13 heavy (non-hydrogen) atoms. The predicted molar refractivity (Wildman–Crippen MR) is 50.6 cm³/mol. The molecule has 70 valence electrons. The van der Waals surface area contributed by atoms with Gasteiger partial charge < -0.3 is 4.74 Å². The van der Waals surface area contributed by atoms with Crippen molar-refractivity contribution in [1.29, 1.82) is 0 Å². The molecule has 1 heterocycles. The van der Waals surface area contributed by atoms with Crippen LogP contribution in [0.25, 0.3) is 0 Å². The molecule has 0 aliphatic carbocycles. The lowest BCUT2D eigenvalue weighted by Crippen LogP contribution is -2.01. The summed E-state index contributed by atoms with van der Waals surface area (Å²) < 4.78 is 5.08. The van der Waals surface area contributed by atoms with Crippen LogP contribution in [0.3, 0.4) is 0 Å². The highest BCUT2D eigenvalue weighted by Gasteiger charge is 2.11. The second kappa shape index (κ2) is 4.44. The van der Waals surface area contributed by atoms with E-state index in [2.05, 4.69) is 4.98 Å². The maximum Gasteiger partial charge on any atom is 0.257 e. The van der Waals surface area contributed by atoms with Crippen LogP contribution in [0, 0.1) is 0 Å². The average Bonchev–Trinajstić information content (AvgIpc) is 2.04. The number of hydrogen-bond acceptors (Lipinski definition) is 3. The van der Waals surface area contributed by atoms with Crippen molar-refractivity contribution in [2.75, 3.05) is 6.61 Å². The van der Waals surface area contributed by atoms with Gasteiger partial charge in [-0.2, -0.15) is 0 Å². The minimum atomic E-state index is -0.604. The van der Waals surface area contributed by atoms with Gasteiger partial charge in [0.25, 0.3) is 5.24 Å². The minimum Gasteiger partial charge on any atom is -0.477 e. The third kappa shape index (κ3) is 2.57. The SMILES string of the molecule is CCOc1nc(Cl)ccc1C(=O)Cl. The van der Waals surface area contributed by atoms with Crippen LogP contribution in [0.1, 0.15) is 17.3 Å². The lowest BCUT2D eigenvalue weighted by atomic mass is 10.3. The highest BCUT2D eigenvalue weighted by atomic mass is 35.5. The van der Waals surface area contributed by atoms with Crippen LogP contribution in [0.2, 0.25) is 5.15 Å². The zero-order valence-corrected chi connectivity index (χ0v) is 8.39. The lowest BCUT2D eigenvalue weighted by Gasteiger charge is -2.05. The number of ether oxygens (including phenoxy) is 1. The Morgan fingerprint density at radius 1 is 1.62 bits per heavy atom. The lowest BCUT2D eigenvalue weighted by molar-refractivity contribution is 0.107. The third-order valence-corrected chi connectivity index (χ3v) is 1.73. The smallest absolute Gasteiger partial charge is 0.257 e. The van der Waals surface area contributed by atoms with Gasteiger partial charge in [-0.1, -0.05) is 11.6 Å². The summed E-state index contributed by atoms with van der Waals surface area (Å²) >= 11 is 10.9. The summed E-state index contributed by atoms with van der Waals surface area (Å²) in [6.07, 6.45) is 0. The van der Waals surface area contributed by atoms with Gasteiger partial charge in [0, 0.05) is 0 Å². The van der Waals surface area contributed by atoms with Crippen LogP contribution >= 0.6 is 23.2 Å². The fourth-order valence-electron chi connectivity index (χ4n) is 0.814. The summed E-state index contributed by atoms with van der Waals surface area (Å²) in [5.41, 5.74) is 0.230. The number of halogens is 2. The van der Waals surface area contributed by atoms with E-state index in [1.54, 1.807) is 6.92 Å². The van der Waals surface area contributed by atoms with Gasteiger partial charge in [-0.15, -0.1) is 0 Å². The van der Waals surface area contributed by atoms with Crippen LogP contribution in [0.5, 0.6) is 5.88 Å². The van der Waals surface area contributed by atoms with Crippen LogP contribution < -0.4 is 4.74 Å². The first-order valence-electron chi connectivity index (χ1n) is 3.64. The molecule has 0 radical (unpaired) electrons. The van der Waals surface area contributed by atoms with Crippen molar-refractivity contribution in [3.63, 3.8) is 0 Å². The number of nitrogens with zero attached hydrogens (tertiary/aromatic N) is 1. The zero-order chi connectivity index (χ0) is 9.84. The van der Waals surface area contributed by atoms with Crippen molar-refractivity contribution >= 4 is 28.4 Å². The van der Waals surface area contributed by atoms with Crippen LogP contribution in [0.15, 0.2) is 12.1 Å². The van der Waals surface area contributed by atoms with Crippen molar-refractivity contribution in [3.8, 4) is 5.88 Å². The molecule has 0 amide bonds. The van der Waals surface area contributed by atoms with Crippen LogP contribution in [0.4, 0.5) is 0 Å². The van der Waals surface area contributed by atoms with Crippen LogP contribution in [-0.2, 0) is 0 Å². The Labute approximate surface area is 85.6 Å². The highest BCUT2D eigenvalue weighted by Crippen LogP contribution is 2.20. The molecule has 0 N–H and O–H groups in total. The van der Waals surface area contributed by atoms with Gasteiger partial charge in [0.2, 0.25) is 5.88 Å². The van der Waals surface area contributed by atoms with Gasteiger partial charge in [0.05, 0.1) is 12.2 Å². The number of carbonyl (C=O) groups is 1. The second-order valence-corrected chi connectivity index (χ2v) is 2.92. The average molecular weight is 220 g/mol. The third-order valence-electron chi connectivity index (χ3n) is 1.32. The van der Waals surface area contributed by atoms with Crippen molar-refractivity contribution in [3.05, 3.63) is 22.8 Å². The first-order valence-corrected chi connectivity index (χ1v) is 4.40. The van der Waals surface area contributed by atoms with E-state index in [-0.39, 0.29) is 16.6 Å². The van der Waals surface area contributed by atoms with E-state index in [9.17, 15) is 4.79 Å². The fourth-order valence-corrected chi connectivity index (χ4v) is 1.10. The van der Waals surface area contributed by atoms with Gasteiger partial charge in [-0.25, -0.2) is 4.98 Å². The molecule has 0 fully saturated rings. The predicted octanol–water partition coefficient (Wildman–Crippen LogP) is 2.51. The highest BCUT2D eigenvalue weighted by molar-refractivity contribution is 6.68. The Kier molecular flexibility index (Phi) is 3.51. The first kappa shape index (κ1) is 10.3. The molecule has 1 aromatic heterocycles. The molecule has 0 spiro atoms. The molecule has 0 unspecified atom stereocenters. The van der Waals surface area contributed by atoms with Gasteiger partial charge in [-0.05, 0) is 30.7 Å². The summed E-state index contributed by atoms with van der Waals surface area (Å²) in [4.78, 5) is 14.7. The summed E-state index contributed by atoms with van der Waals surface area (Å²) in [7, 11) is 0. The molecule has 0 atom stereocenters. The molecule has 0 aliphatic rings. The van der Waals surface area contributed by atoms with E-state index in [0.717, 1.165) is 0 Å². The van der Waals surface area contributed by atoms with E-state index in [1.807, 2.05) is 0 Å². The molecular weight excluding hydrogens is 213 g/mol. The van der Waals surface area contributed by atoms with Crippen molar-refractivity contribution in [2.24, 2.45) is 0 Å². The fraction of sp³-hybridized carbons (Fsp3) is 0.250.